The summed E-state index contributed by atoms with van der Waals surface area (Å²) >= 11 is 0. The standard InChI is InChI=1S/C21H20N4O2/c1-14-11-19(24(22-14)13-16-7-6-10-18(26)12-16)20-15(2)23-25(21(20)27)17-8-4-3-5-9-17/h3-12,20,26H,13H2,1-2H3. The Labute approximate surface area is 157 Å². The van der Waals surface area contributed by atoms with Crippen LogP contribution in [0.5, 0.6) is 5.75 Å². The molecule has 1 unspecified atom stereocenters. The monoisotopic (exact) mass is 360 g/mol. The summed E-state index contributed by atoms with van der Waals surface area (Å²) in [6.07, 6.45) is 0. The summed E-state index contributed by atoms with van der Waals surface area (Å²) in [6.45, 7) is 4.25. The van der Waals surface area contributed by atoms with Gasteiger partial charge in [-0.1, -0.05) is 30.3 Å². The van der Waals surface area contributed by atoms with Gasteiger partial charge in [-0.2, -0.15) is 15.2 Å². The second kappa shape index (κ2) is 6.72. The van der Waals surface area contributed by atoms with E-state index in [1.807, 2.05) is 61.0 Å². The van der Waals surface area contributed by atoms with E-state index in [-0.39, 0.29) is 11.7 Å². The van der Waals surface area contributed by atoms with Crippen molar-refractivity contribution in [2.45, 2.75) is 26.3 Å². The molecule has 136 valence electrons. The fourth-order valence-electron chi connectivity index (χ4n) is 3.41. The molecule has 6 heteroatoms. The van der Waals surface area contributed by atoms with Gasteiger partial charge in [0.05, 0.1) is 29.3 Å². The average Bonchev–Trinajstić information content (AvgIpc) is 3.14. The van der Waals surface area contributed by atoms with E-state index in [1.54, 1.807) is 18.2 Å². The van der Waals surface area contributed by atoms with Crippen LogP contribution in [0.25, 0.3) is 0 Å². The zero-order chi connectivity index (χ0) is 19.0. The molecule has 6 nitrogen and oxygen atoms in total. The molecule has 27 heavy (non-hydrogen) atoms. The van der Waals surface area contributed by atoms with Crippen molar-refractivity contribution >= 4 is 17.3 Å². The fraction of sp³-hybridized carbons (Fsp3) is 0.190. The number of amides is 1. The lowest BCUT2D eigenvalue weighted by atomic mass is 9.99. The maximum Gasteiger partial charge on any atom is 0.262 e. The van der Waals surface area contributed by atoms with Crippen molar-refractivity contribution in [1.29, 1.82) is 0 Å². The van der Waals surface area contributed by atoms with Crippen LogP contribution in [0.2, 0.25) is 0 Å². The van der Waals surface area contributed by atoms with E-state index in [9.17, 15) is 9.90 Å². The first-order valence-corrected chi connectivity index (χ1v) is 8.79. The minimum Gasteiger partial charge on any atom is -0.508 e. The number of aromatic nitrogens is 2. The molecular weight excluding hydrogens is 340 g/mol. The van der Waals surface area contributed by atoms with Crippen molar-refractivity contribution in [1.82, 2.24) is 9.78 Å². The predicted molar refractivity (Wildman–Crippen MR) is 104 cm³/mol. The molecule has 1 amide bonds. The first-order valence-electron chi connectivity index (χ1n) is 8.79. The molecule has 0 saturated heterocycles. The first kappa shape index (κ1) is 17.0. The topological polar surface area (TPSA) is 70.7 Å². The number of hydrogen-bond donors (Lipinski definition) is 1. The quantitative estimate of drug-likeness (QED) is 0.775. The Morgan fingerprint density at radius 1 is 1.04 bits per heavy atom. The van der Waals surface area contributed by atoms with Crippen molar-refractivity contribution in [3.05, 3.63) is 77.6 Å². The Morgan fingerprint density at radius 2 is 1.81 bits per heavy atom. The highest BCUT2D eigenvalue weighted by Gasteiger charge is 2.37. The largest absolute Gasteiger partial charge is 0.508 e. The molecule has 0 spiro atoms. The number of hydrogen-bond acceptors (Lipinski definition) is 4. The smallest absolute Gasteiger partial charge is 0.262 e. The Morgan fingerprint density at radius 3 is 2.56 bits per heavy atom. The van der Waals surface area contributed by atoms with Crippen molar-refractivity contribution in [3.8, 4) is 5.75 Å². The molecule has 2 aromatic carbocycles. The number of aromatic hydroxyl groups is 1. The summed E-state index contributed by atoms with van der Waals surface area (Å²) in [6, 6.07) is 18.4. The van der Waals surface area contributed by atoms with Crippen molar-refractivity contribution in [3.63, 3.8) is 0 Å². The van der Waals surface area contributed by atoms with Gasteiger partial charge in [0.15, 0.2) is 0 Å². The summed E-state index contributed by atoms with van der Waals surface area (Å²) in [4.78, 5) is 13.1. The van der Waals surface area contributed by atoms with Gasteiger partial charge in [0.25, 0.3) is 5.91 Å². The average molecular weight is 360 g/mol. The van der Waals surface area contributed by atoms with Crippen molar-refractivity contribution in [2.24, 2.45) is 5.10 Å². The third-order valence-electron chi connectivity index (χ3n) is 4.60. The van der Waals surface area contributed by atoms with E-state index in [4.69, 9.17) is 0 Å². The Balaban J connectivity index is 1.68. The summed E-state index contributed by atoms with van der Waals surface area (Å²) in [5.41, 5.74) is 4.05. The summed E-state index contributed by atoms with van der Waals surface area (Å²) in [5.74, 6) is -0.345. The van der Waals surface area contributed by atoms with Crippen molar-refractivity contribution in [2.75, 3.05) is 5.01 Å². The number of phenolic OH excluding ortho intramolecular Hbond substituents is 1. The third-order valence-corrected chi connectivity index (χ3v) is 4.60. The molecule has 3 aromatic rings. The number of carbonyl (C=O) groups is 1. The molecule has 0 radical (unpaired) electrons. The van der Waals surface area contributed by atoms with Crippen LogP contribution in [-0.4, -0.2) is 26.5 Å². The third kappa shape index (κ3) is 3.21. The van der Waals surface area contributed by atoms with Crippen LogP contribution in [0, 0.1) is 6.92 Å². The molecule has 2 heterocycles. The molecule has 1 N–H and O–H groups in total. The highest BCUT2D eigenvalue weighted by Crippen LogP contribution is 2.31. The first-order chi connectivity index (χ1) is 13.0. The second-order valence-corrected chi connectivity index (χ2v) is 6.70. The number of hydrazone groups is 1. The SMILES string of the molecule is CC1=NN(c2ccccc2)C(=O)C1c1cc(C)nn1Cc1cccc(O)c1. The van der Waals surface area contributed by atoms with Gasteiger partial charge in [0, 0.05) is 0 Å². The molecular formula is C21H20N4O2. The second-order valence-electron chi connectivity index (χ2n) is 6.70. The number of phenols is 1. The molecule has 1 aliphatic heterocycles. The minimum atomic E-state index is -0.469. The lowest BCUT2D eigenvalue weighted by Crippen LogP contribution is -2.27. The number of anilines is 1. The van der Waals surface area contributed by atoms with Gasteiger partial charge in [-0.25, -0.2) is 0 Å². The van der Waals surface area contributed by atoms with E-state index in [1.165, 1.54) is 5.01 Å². The van der Waals surface area contributed by atoms with Crippen LogP contribution in [0.1, 0.15) is 29.8 Å². The molecule has 0 bridgehead atoms. The summed E-state index contributed by atoms with van der Waals surface area (Å²) in [7, 11) is 0. The highest BCUT2D eigenvalue weighted by atomic mass is 16.3. The number of nitrogens with zero attached hydrogens (tertiary/aromatic N) is 4. The number of rotatable bonds is 4. The fourth-order valence-corrected chi connectivity index (χ4v) is 3.41. The van der Waals surface area contributed by atoms with Crippen LogP contribution in [0.3, 0.4) is 0 Å². The Kier molecular flexibility index (Phi) is 4.24. The van der Waals surface area contributed by atoms with E-state index in [2.05, 4.69) is 10.2 Å². The van der Waals surface area contributed by atoms with Gasteiger partial charge in [-0.15, -0.1) is 0 Å². The van der Waals surface area contributed by atoms with Gasteiger partial charge < -0.3 is 5.11 Å². The van der Waals surface area contributed by atoms with Gasteiger partial charge in [0.2, 0.25) is 0 Å². The normalized spacial score (nSPS) is 16.7. The van der Waals surface area contributed by atoms with Gasteiger partial charge in [0.1, 0.15) is 11.7 Å². The van der Waals surface area contributed by atoms with Crippen molar-refractivity contribution < 1.29 is 9.90 Å². The Bertz CT molecular complexity index is 1020. The lowest BCUT2D eigenvalue weighted by Gasteiger charge is -2.15. The molecule has 0 aliphatic carbocycles. The maximum atomic E-state index is 13.1. The number of carbonyl (C=O) groups excluding carboxylic acids is 1. The van der Waals surface area contributed by atoms with Crippen LogP contribution in [0.15, 0.2) is 65.8 Å². The van der Waals surface area contributed by atoms with E-state index in [0.717, 1.165) is 28.4 Å². The number of benzene rings is 2. The van der Waals surface area contributed by atoms with Crippen LogP contribution in [-0.2, 0) is 11.3 Å². The highest BCUT2D eigenvalue weighted by molar-refractivity contribution is 6.18. The van der Waals surface area contributed by atoms with Gasteiger partial charge >= 0.3 is 0 Å². The van der Waals surface area contributed by atoms with E-state index in [0.29, 0.717) is 6.54 Å². The summed E-state index contributed by atoms with van der Waals surface area (Å²) in [5, 5.41) is 20.2. The van der Waals surface area contributed by atoms with Crippen LogP contribution in [0.4, 0.5) is 5.69 Å². The molecule has 0 fully saturated rings. The van der Waals surface area contributed by atoms with Gasteiger partial charge in [-0.05, 0) is 49.7 Å². The van der Waals surface area contributed by atoms with Crippen LogP contribution >= 0.6 is 0 Å². The molecule has 4 rings (SSSR count). The lowest BCUT2D eigenvalue weighted by molar-refractivity contribution is -0.118. The Hall–Kier alpha value is -3.41. The zero-order valence-electron chi connectivity index (χ0n) is 15.2. The van der Waals surface area contributed by atoms with Gasteiger partial charge in [-0.3, -0.25) is 9.48 Å². The van der Waals surface area contributed by atoms with Crippen LogP contribution < -0.4 is 5.01 Å². The summed E-state index contributed by atoms with van der Waals surface area (Å²) < 4.78 is 1.82. The molecule has 0 saturated carbocycles. The number of para-hydroxylation sites is 1. The minimum absolute atomic E-state index is 0.0873. The number of aryl methyl sites for hydroxylation is 1. The zero-order valence-corrected chi connectivity index (χ0v) is 15.2. The maximum absolute atomic E-state index is 13.1. The molecule has 1 atom stereocenters. The van der Waals surface area contributed by atoms with E-state index >= 15 is 0 Å². The van der Waals surface area contributed by atoms with E-state index < -0.39 is 5.92 Å². The predicted octanol–water partition coefficient (Wildman–Crippen LogP) is 3.45. The molecule has 1 aliphatic rings. The molecule has 1 aromatic heterocycles.